The number of nitrogens with one attached hydrogen (secondary N) is 1. The third-order valence-electron chi connectivity index (χ3n) is 3.50. The summed E-state index contributed by atoms with van der Waals surface area (Å²) in [4.78, 5) is 6.59. The first kappa shape index (κ1) is 15.8. The molecule has 1 aromatic heterocycles. The average Bonchev–Trinajstić information content (AvgIpc) is 2.99. The first-order valence-electron chi connectivity index (χ1n) is 7.15. The zero-order valence-corrected chi connectivity index (χ0v) is 13.9. The van der Waals surface area contributed by atoms with Gasteiger partial charge < -0.3 is 15.0 Å². The van der Waals surface area contributed by atoms with Crippen LogP contribution in [0.5, 0.6) is 5.75 Å². The van der Waals surface area contributed by atoms with Gasteiger partial charge >= 0.3 is 0 Å². The second-order valence-electron chi connectivity index (χ2n) is 5.01. The van der Waals surface area contributed by atoms with Gasteiger partial charge in [0.15, 0.2) is 0 Å². The first-order chi connectivity index (χ1) is 10.2. The summed E-state index contributed by atoms with van der Waals surface area (Å²) >= 11 is 1.63. The van der Waals surface area contributed by atoms with Crippen molar-refractivity contribution in [2.75, 3.05) is 25.6 Å². The second kappa shape index (κ2) is 7.43. The van der Waals surface area contributed by atoms with Crippen molar-refractivity contribution in [3.63, 3.8) is 0 Å². The lowest BCUT2D eigenvalue weighted by Gasteiger charge is -2.26. The molecular weight excluding hydrogens is 282 g/mol. The van der Waals surface area contributed by atoms with Crippen LogP contribution in [0.1, 0.15) is 31.1 Å². The standard InChI is InChI=1S/C16H23N3OS/c1-5-17-12(2)16-14(7-6-8-15(16)20-4)19(3)9-13-10-21-11-18-13/h6-8,10-12,17H,5,9H2,1-4H3. The Bertz CT molecular complexity index is 557. The van der Waals surface area contributed by atoms with Gasteiger partial charge in [0.05, 0.1) is 24.9 Å². The van der Waals surface area contributed by atoms with E-state index in [9.17, 15) is 0 Å². The average molecular weight is 305 g/mol. The molecular formula is C16H23N3OS. The van der Waals surface area contributed by atoms with E-state index in [1.807, 2.05) is 17.6 Å². The Morgan fingerprint density at radius 3 is 2.86 bits per heavy atom. The van der Waals surface area contributed by atoms with Gasteiger partial charge in [0, 0.05) is 29.7 Å². The zero-order chi connectivity index (χ0) is 15.2. The molecule has 0 aliphatic rings. The number of rotatable bonds is 7. The molecule has 0 saturated heterocycles. The van der Waals surface area contributed by atoms with Gasteiger partial charge in [-0.25, -0.2) is 4.98 Å². The minimum Gasteiger partial charge on any atom is -0.496 e. The molecule has 1 N–H and O–H groups in total. The molecule has 2 rings (SSSR count). The van der Waals surface area contributed by atoms with Crippen molar-refractivity contribution in [3.05, 3.63) is 40.3 Å². The van der Waals surface area contributed by atoms with Crippen LogP contribution in [-0.2, 0) is 6.54 Å². The molecule has 2 aromatic rings. The highest BCUT2D eigenvalue weighted by Gasteiger charge is 2.18. The number of thiazole rings is 1. The molecule has 1 heterocycles. The molecule has 0 saturated carbocycles. The number of ether oxygens (including phenoxy) is 1. The summed E-state index contributed by atoms with van der Waals surface area (Å²) in [5.41, 5.74) is 5.33. The summed E-state index contributed by atoms with van der Waals surface area (Å²) in [7, 11) is 3.82. The number of hydrogen-bond donors (Lipinski definition) is 1. The minimum absolute atomic E-state index is 0.235. The van der Waals surface area contributed by atoms with Crippen molar-refractivity contribution in [1.29, 1.82) is 0 Å². The van der Waals surface area contributed by atoms with Gasteiger partial charge in [0.2, 0.25) is 0 Å². The molecule has 0 radical (unpaired) electrons. The van der Waals surface area contributed by atoms with Crippen molar-refractivity contribution >= 4 is 17.0 Å². The molecule has 4 nitrogen and oxygen atoms in total. The number of aromatic nitrogens is 1. The molecule has 0 aliphatic carbocycles. The summed E-state index contributed by atoms with van der Waals surface area (Å²) in [5.74, 6) is 0.922. The van der Waals surface area contributed by atoms with Crippen LogP contribution in [0, 0.1) is 0 Å². The Kier molecular flexibility index (Phi) is 5.59. The van der Waals surface area contributed by atoms with Crippen LogP contribution in [0.25, 0.3) is 0 Å². The van der Waals surface area contributed by atoms with Gasteiger partial charge in [0.25, 0.3) is 0 Å². The normalized spacial score (nSPS) is 12.2. The van der Waals surface area contributed by atoms with Crippen LogP contribution in [0.4, 0.5) is 5.69 Å². The van der Waals surface area contributed by atoms with Gasteiger partial charge in [0.1, 0.15) is 5.75 Å². The Labute approximate surface area is 130 Å². The summed E-state index contributed by atoms with van der Waals surface area (Å²) in [6, 6.07) is 6.42. The largest absolute Gasteiger partial charge is 0.496 e. The summed E-state index contributed by atoms with van der Waals surface area (Å²) in [5, 5.41) is 5.56. The first-order valence-corrected chi connectivity index (χ1v) is 8.10. The van der Waals surface area contributed by atoms with Crippen LogP contribution in [-0.4, -0.2) is 25.7 Å². The molecule has 114 valence electrons. The molecule has 0 spiro atoms. The fraction of sp³-hybridized carbons (Fsp3) is 0.438. The van der Waals surface area contributed by atoms with E-state index in [0.717, 1.165) is 24.5 Å². The highest BCUT2D eigenvalue weighted by molar-refractivity contribution is 7.07. The highest BCUT2D eigenvalue weighted by Crippen LogP contribution is 2.34. The van der Waals surface area contributed by atoms with E-state index in [1.165, 1.54) is 11.3 Å². The van der Waals surface area contributed by atoms with E-state index in [2.05, 4.69) is 47.5 Å². The molecule has 1 unspecified atom stereocenters. The molecule has 1 aromatic carbocycles. The zero-order valence-electron chi connectivity index (χ0n) is 13.1. The predicted molar refractivity (Wildman–Crippen MR) is 89.3 cm³/mol. The number of nitrogens with zero attached hydrogens (tertiary/aromatic N) is 2. The lowest BCUT2D eigenvalue weighted by Crippen LogP contribution is -2.24. The Morgan fingerprint density at radius 1 is 1.43 bits per heavy atom. The molecule has 21 heavy (non-hydrogen) atoms. The molecule has 0 bridgehead atoms. The summed E-state index contributed by atoms with van der Waals surface area (Å²) < 4.78 is 5.56. The molecule has 1 atom stereocenters. The van der Waals surface area contributed by atoms with E-state index in [0.29, 0.717) is 0 Å². The highest BCUT2D eigenvalue weighted by atomic mass is 32.1. The maximum atomic E-state index is 5.56. The number of methoxy groups -OCH3 is 1. The van der Waals surface area contributed by atoms with Crippen molar-refractivity contribution in [2.45, 2.75) is 26.4 Å². The predicted octanol–water partition coefficient (Wildman–Crippen LogP) is 3.46. The monoisotopic (exact) mass is 305 g/mol. The van der Waals surface area contributed by atoms with E-state index in [4.69, 9.17) is 4.74 Å². The van der Waals surface area contributed by atoms with Crippen molar-refractivity contribution in [3.8, 4) is 5.75 Å². The smallest absolute Gasteiger partial charge is 0.125 e. The third kappa shape index (κ3) is 3.74. The van der Waals surface area contributed by atoms with Gasteiger partial charge in [-0.2, -0.15) is 0 Å². The van der Waals surface area contributed by atoms with E-state index >= 15 is 0 Å². The molecule has 0 fully saturated rings. The van der Waals surface area contributed by atoms with Crippen LogP contribution in [0.3, 0.4) is 0 Å². The summed E-state index contributed by atoms with van der Waals surface area (Å²) in [6.45, 7) is 6.00. The minimum atomic E-state index is 0.235. The van der Waals surface area contributed by atoms with Crippen LogP contribution in [0.2, 0.25) is 0 Å². The lowest BCUT2D eigenvalue weighted by molar-refractivity contribution is 0.402. The van der Waals surface area contributed by atoms with Crippen LogP contribution < -0.4 is 15.0 Å². The van der Waals surface area contributed by atoms with E-state index < -0.39 is 0 Å². The van der Waals surface area contributed by atoms with Gasteiger partial charge in [-0.15, -0.1) is 11.3 Å². The molecule has 0 amide bonds. The van der Waals surface area contributed by atoms with Crippen molar-refractivity contribution in [2.24, 2.45) is 0 Å². The van der Waals surface area contributed by atoms with E-state index in [1.54, 1.807) is 18.4 Å². The summed E-state index contributed by atoms with van der Waals surface area (Å²) in [6.07, 6.45) is 0. The Balaban J connectivity index is 2.32. The third-order valence-corrected chi connectivity index (χ3v) is 4.14. The van der Waals surface area contributed by atoms with Gasteiger partial charge in [-0.3, -0.25) is 0 Å². The maximum absolute atomic E-state index is 5.56. The Hall–Kier alpha value is -1.59. The molecule has 5 heteroatoms. The van der Waals surface area contributed by atoms with Crippen molar-refractivity contribution in [1.82, 2.24) is 10.3 Å². The quantitative estimate of drug-likeness (QED) is 0.850. The fourth-order valence-electron chi connectivity index (χ4n) is 2.53. The van der Waals surface area contributed by atoms with Crippen LogP contribution >= 0.6 is 11.3 Å². The topological polar surface area (TPSA) is 37.4 Å². The number of anilines is 1. The maximum Gasteiger partial charge on any atom is 0.125 e. The number of benzene rings is 1. The lowest BCUT2D eigenvalue weighted by atomic mass is 10.0. The van der Waals surface area contributed by atoms with Gasteiger partial charge in [-0.05, 0) is 25.6 Å². The fourth-order valence-corrected chi connectivity index (χ4v) is 3.08. The van der Waals surface area contributed by atoms with Crippen LogP contribution in [0.15, 0.2) is 29.1 Å². The molecule has 0 aliphatic heterocycles. The van der Waals surface area contributed by atoms with Gasteiger partial charge in [-0.1, -0.05) is 13.0 Å². The van der Waals surface area contributed by atoms with E-state index in [-0.39, 0.29) is 6.04 Å². The number of hydrogen-bond acceptors (Lipinski definition) is 5. The SMILES string of the molecule is CCNC(C)c1c(OC)cccc1N(C)Cc1cscn1. The van der Waals surface area contributed by atoms with Crippen molar-refractivity contribution < 1.29 is 4.74 Å². The Morgan fingerprint density at radius 2 is 2.24 bits per heavy atom. The second-order valence-corrected chi connectivity index (χ2v) is 5.73.